The van der Waals surface area contributed by atoms with Gasteiger partial charge in [0.05, 0.1) is 6.10 Å². The first-order chi connectivity index (χ1) is 14.0. The first-order valence-corrected chi connectivity index (χ1v) is 10.1. The minimum Gasteiger partial charge on any atom is -0.461 e. The molecule has 1 amide bonds. The van der Waals surface area contributed by atoms with E-state index in [4.69, 9.17) is 4.42 Å². The van der Waals surface area contributed by atoms with Crippen LogP contribution in [-0.4, -0.2) is 46.2 Å². The summed E-state index contributed by atoms with van der Waals surface area (Å²) < 4.78 is 5.57. The van der Waals surface area contributed by atoms with Crippen LogP contribution >= 0.6 is 0 Å². The van der Waals surface area contributed by atoms with Crippen molar-refractivity contribution in [2.24, 2.45) is 0 Å². The maximum absolute atomic E-state index is 12.6. The van der Waals surface area contributed by atoms with Crippen molar-refractivity contribution >= 4 is 22.7 Å². The third-order valence-corrected chi connectivity index (χ3v) is 5.95. The second-order valence-corrected chi connectivity index (χ2v) is 8.14. The van der Waals surface area contributed by atoms with Crippen LogP contribution in [0.1, 0.15) is 47.0 Å². The summed E-state index contributed by atoms with van der Waals surface area (Å²) in [4.78, 5) is 23.5. The number of furan rings is 1. The lowest BCUT2D eigenvalue weighted by molar-refractivity contribution is 0.0908. The number of β-amino-alcohol motifs (C(OH)–C–C–N with tert-alkyl or cyclic N) is 1. The van der Waals surface area contributed by atoms with Gasteiger partial charge in [0.15, 0.2) is 0 Å². The van der Waals surface area contributed by atoms with Gasteiger partial charge in [0.1, 0.15) is 23.5 Å². The van der Waals surface area contributed by atoms with Crippen LogP contribution < -0.4 is 10.2 Å². The molecule has 2 aliphatic rings. The number of aliphatic hydroxyl groups is 1. The number of aromatic nitrogens is 2. The highest BCUT2D eigenvalue weighted by Gasteiger charge is 2.33. The molecule has 0 unspecified atom stereocenters. The molecule has 0 bridgehead atoms. The molecule has 3 aromatic rings. The fourth-order valence-electron chi connectivity index (χ4n) is 4.27. The molecule has 0 spiro atoms. The number of carbonyl (C=O) groups is 1. The molecule has 1 aliphatic heterocycles. The van der Waals surface area contributed by atoms with Crippen molar-refractivity contribution in [2.75, 3.05) is 18.0 Å². The van der Waals surface area contributed by atoms with E-state index in [0.29, 0.717) is 18.0 Å². The molecule has 2 N–H and O–H groups in total. The maximum atomic E-state index is 12.6. The van der Waals surface area contributed by atoms with Crippen molar-refractivity contribution < 1.29 is 14.3 Å². The smallest absolute Gasteiger partial charge is 0.251 e. The molecule has 1 aromatic carbocycles. The monoisotopic (exact) mass is 392 g/mol. The van der Waals surface area contributed by atoms with Crippen molar-refractivity contribution in [3.8, 4) is 0 Å². The van der Waals surface area contributed by atoms with Gasteiger partial charge in [-0.2, -0.15) is 0 Å². The van der Waals surface area contributed by atoms with Crippen LogP contribution in [0, 0.1) is 6.92 Å². The molecule has 5 rings (SSSR count). The van der Waals surface area contributed by atoms with Crippen LogP contribution in [0.25, 0.3) is 11.0 Å². The standard InChI is InChI=1S/C22H24N4O3/c1-13-6-16-7-14(2-3-20(16)29-13)22(28)25-17-8-15(9-17)19-10-21(24-12-23-19)26-5-4-18(27)11-26/h2-3,6-7,10,12,15,17-18,27H,4-5,8-9,11H2,1H3,(H,25,28)/t15?,17?,18-/m0/s1. The molecule has 150 valence electrons. The predicted octanol–water partition coefficient (Wildman–Crippen LogP) is 2.78. The molecule has 1 saturated carbocycles. The Bertz CT molecular complexity index is 1060. The predicted molar refractivity (Wildman–Crippen MR) is 109 cm³/mol. The molecule has 7 heteroatoms. The van der Waals surface area contributed by atoms with E-state index in [1.54, 1.807) is 12.4 Å². The van der Waals surface area contributed by atoms with E-state index in [2.05, 4.69) is 20.2 Å². The largest absolute Gasteiger partial charge is 0.461 e. The van der Waals surface area contributed by atoms with E-state index in [1.165, 1.54) is 0 Å². The zero-order chi connectivity index (χ0) is 20.0. The number of hydrogen-bond acceptors (Lipinski definition) is 6. The first kappa shape index (κ1) is 18.1. The van der Waals surface area contributed by atoms with E-state index >= 15 is 0 Å². The molecular weight excluding hydrogens is 368 g/mol. The Balaban J connectivity index is 1.20. The number of nitrogens with one attached hydrogen (secondary N) is 1. The number of anilines is 1. The average Bonchev–Trinajstić information content (AvgIpc) is 3.28. The van der Waals surface area contributed by atoms with Crippen LogP contribution in [0.15, 0.2) is 41.1 Å². The van der Waals surface area contributed by atoms with Crippen molar-refractivity contribution in [2.45, 2.75) is 44.2 Å². The number of rotatable bonds is 4. The summed E-state index contributed by atoms with van der Waals surface area (Å²) in [6.07, 6.45) is 3.85. The number of nitrogens with zero attached hydrogens (tertiary/aromatic N) is 3. The lowest BCUT2D eigenvalue weighted by Crippen LogP contribution is -2.43. The Kier molecular flexibility index (Phi) is 4.47. The van der Waals surface area contributed by atoms with Gasteiger partial charge < -0.3 is 19.7 Å². The molecule has 2 aromatic heterocycles. The van der Waals surface area contributed by atoms with E-state index in [0.717, 1.165) is 54.0 Å². The number of amides is 1. The van der Waals surface area contributed by atoms with Gasteiger partial charge in [-0.1, -0.05) is 0 Å². The molecule has 1 aliphatic carbocycles. The molecule has 2 fully saturated rings. The van der Waals surface area contributed by atoms with Gasteiger partial charge in [-0.25, -0.2) is 9.97 Å². The second kappa shape index (κ2) is 7.15. The minimum absolute atomic E-state index is 0.0522. The molecular formula is C22H24N4O3. The van der Waals surface area contributed by atoms with Gasteiger partial charge in [-0.05, 0) is 50.5 Å². The molecule has 0 radical (unpaired) electrons. The van der Waals surface area contributed by atoms with Crippen molar-refractivity contribution in [1.82, 2.24) is 15.3 Å². The summed E-state index contributed by atoms with van der Waals surface area (Å²) in [5.41, 5.74) is 2.46. The topological polar surface area (TPSA) is 91.5 Å². The number of aliphatic hydroxyl groups excluding tert-OH is 1. The zero-order valence-corrected chi connectivity index (χ0v) is 16.3. The highest BCUT2D eigenvalue weighted by Crippen LogP contribution is 2.37. The van der Waals surface area contributed by atoms with E-state index in [-0.39, 0.29) is 18.1 Å². The zero-order valence-electron chi connectivity index (χ0n) is 16.3. The highest BCUT2D eigenvalue weighted by atomic mass is 16.3. The Morgan fingerprint density at radius 3 is 2.90 bits per heavy atom. The highest BCUT2D eigenvalue weighted by molar-refractivity contribution is 5.98. The molecule has 29 heavy (non-hydrogen) atoms. The normalized spacial score (nSPS) is 23.9. The average molecular weight is 392 g/mol. The molecule has 7 nitrogen and oxygen atoms in total. The second-order valence-electron chi connectivity index (χ2n) is 8.14. The molecule has 3 heterocycles. The van der Waals surface area contributed by atoms with E-state index < -0.39 is 0 Å². The number of carbonyl (C=O) groups excluding carboxylic acids is 1. The van der Waals surface area contributed by atoms with E-state index in [1.807, 2.05) is 31.2 Å². The molecule has 1 saturated heterocycles. The lowest BCUT2D eigenvalue weighted by atomic mass is 9.78. The molecule has 1 atom stereocenters. The van der Waals surface area contributed by atoms with Gasteiger partial charge in [0.2, 0.25) is 0 Å². The summed E-state index contributed by atoms with van der Waals surface area (Å²) in [5.74, 6) is 1.99. The van der Waals surface area contributed by atoms with Gasteiger partial charge in [-0.15, -0.1) is 0 Å². The summed E-state index contributed by atoms with van der Waals surface area (Å²) in [7, 11) is 0. The SMILES string of the molecule is Cc1cc2cc(C(=O)NC3CC(c4cc(N5CC[C@H](O)C5)ncn4)C3)ccc2o1. The quantitative estimate of drug-likeness (QED) is 0.709. The fourth-order valence-corrected chi connectivity index (χ4v) is 4.27. The van der Waals surface area contributed by atoms with Crippen LogP contribution in [0.4, 0.5) is 5.82 Å². The van der Waals surface area contributed by atoms with Crippen molar-refractivity contribution in [1.29, 1.82) is 0 Å². The number of hydrogen-bond donors (Lipinski definition) is 2. The Hall–Kier alpha value is -2.93. The summed E-state index contributed by atoms with van der Waals surface area (Å²) >= 11 is 0. The Morgan fingerprint density at radius 1 is 1.24 bits per heavy atom. The van der Waals surface area contributed by atoms with Crippen molar-refractivity contribution in [3.63, 3.8) is 0 Å². The summed E-state index contributed by atoms with van der Waals surface area (Å²) in [6, 6.07) is 9.64. The third-order valence-electron chi connectivity index (χ3n) is 5.95. The third kappa shape index (κ3) is 3.58. The van der Waals surface area contributed by atoms with Gasteiger partial charge in [-0.3, -0.25) is 4.79 Å². The van der Waals surface area contributed by atoms with Crippen LogP contribution in [0.2, 0.25) is 0 Å². The Labute approximate surface area is 168 Å². The number of benzene rings is 1. The minimum atomic E-state index is -0.276. The number of fused-ring (bicyclic) bond motifs is 1. The van der Waals surface area contributed by atoms with Gasteiger partial charge >= 0.3 is 0 Å². The maximum Gasteiger partial charge on any atom is 0.251 e. The van der Waals surface area contributed by atoms with Crippen LogP contribution in [0.3, 0.4) is 0 Å². The van der Waals surface area contributed by atoms with Crippen LogP contribution in [0.5, 0.6) is 0 Å². The van der Waals surface area contributed by atoms with Gasteiger partial charge in [0, 0.05) is 47.8 Å². The van der Waals surface area contributed by atoms with Gasteiger partial charge in [0.25, 0.3) is 5.91 Å². The van der Waals surface area contributed by atoms with Crippen molar-refractivity contribution in [3.05, 3.63) is 53.7 Å². The van der Waals surface area contributed by atoms with Crippen LogP contribution in [-0.2, 0) is 0 Å². The lowest BCUT2D eigenvalue weighted by Gasteiger charge is -2.35. The Morgan fingerprint density at radius 2 is 2.10 bits per heavy atom. The first-order valence-electron chi connectivity index (χ1n) is 10.1. The fraction of sp³-hybridized carbons (Fsp3) is 0.409. The van der Waals surface area contributed by atoms with E-state index in [9.17, 15) is 9.90 Å². The number of aryl methyl sites for hydroxylation is 1. The summed E-state index contributed by atoms with van der Waals surface area (Å²) in [6.45, 7) is 3.35. The summed E-state index contributed by atoms with van der Waals surface area (Å²) in [5, 5.41) is 13.8.